The zero-order valence-electron chi connectivity index (χ0n) is 12.4. The summed E-state index contributed by atoms with van der Waals surface area (Å²) >= 11 is 1.77. The van der Waals surface area contributed by atoms with E-state index in [1.165, 1.54) is 17.7 Å². The third-order valence-corrected chi connectivity index (χ3v) is 5.72. The van der Waals surface area contributed by atoms with Gasteiger partial charge in [0, 0.05) is 37.0 Å². The SMILES string of the molecule is Cc1nc(N2CCN(C(=O)C3CCCC3)CC2)sc1C. The Bertz CT molecular complexity index is 466. The molecule has 0 spiro atoms. The van der Waals surface area contributed by atoms with Crippen LogP contribution in [0.5, 0.6) is 0 Å². The van der Waals surface area contributed by atoms with Crippen molar-refractivity contribution >= 4 is 22.4 Å². The zero-order valence-corrected chi connectivity index (χ0v) is 13.2. The Hall–Kier alpha value is -1.10. The van der Waals surface area contributed by atoms with Gasteiger partial charge in [0.1, 0.15) is 0 Å². The Labute approximate surface area is 124 Å². The Morgan fingerprint density at radius 3 is 2.35 bits per heavy atom. The predicted molar refractivity (Wildman–Crippen MR) is 82.3 cm³/mol. The predicted octanol–water partition coefficient (Wildman–Crippen LogP) is 2.60. The van der Waals surface area contributed by atoms with Gasteiger partial charge in [-0.3, -0.25) is 4.79 Å². The van der Waals surface area contributed by atoms with E-state index in [9.17, 15) is 4.79 Å². The molecule has 1 saturated heterocycles. The number of anilines is 1. The van der Waals surface area contributed by atoms with Crippen molar-refractivity contribution in [3.63, 3.8) is 0 Å². The van der Waals surface area contributed by atoms with Gasteiger partial charge in [0.05, 0.1) is 5.69 Å². The van der Waals surface area contributed by atoms with E-state index in [2.05, 4.69) is 28.6 Å². The minimum atomic E-state index is 0.311. The quantitative estimate of drug-likeness (QED) is 0.841. The molecule has 1 aliphatic heterocycles. The first-order valence-corrected chi connectivity index (χ1v) is 8.44. The van der Waals surface area contributed by atoms with E-state index in [1.54, 1.807) is 11.3 Å². The van der Waals surface area contributed by atoms with Crippen LogP contribution >= 0.6 is 11.3 Å². The van der Waals surface area contributed by atoms with E-state index in [0.717, 1.165) is 49.8 Å². The molecule has 3 rings (SSSR count). The van der Waals surface area contributed by atoms with Crippen LogP contribution in [0.1, 0.15) is 36.3 Å². The molecule has 0 bridgehead atoms. The summed E-state index contributed by atoms with van der Waals surface area (Å²) in [5.74, 6) is 0.708. The highest BCUT2D eigenvalue weighted by Gasteiger charge is 2.29. The van der Waals surface area contributed by atoms with Gasteiger partial charge in [-0.2, -0.15) is 0 Å². The lowest BCUT2D eigenvalue weighted by molar-refractivity contribution is -0.135. The number of carbonyl (C=O) groups excluding carboxylic acids is 1. The summed E-state index contributed by atoms with van der Waals surface area (Å²) in [6.07, 6.45) is 4.66. The Kier molecular flexibility index (Phi) is 3.96. The molecule has 0 radical (unpaired) electrons. The molecule has 2 fully saturated rings. The highest BCUT2D eigenvalue weighted by Crippen LogP contribution is 2.29. The molecule has 1 aliphatic carbocycles. The van der Waals surface area contributed by atoms with Gasteiger partial charge in [0.2, 0.25) is 5.91 Å². The molecule has 1 saturated carbocycles. The van der Waals surface area contributed by atoms with E-state index in [4.69, 9.17) is 0 Å². The summed E-state index contributed by atoms with van der Waals surface area (Å²) in [4.78, 5) is 22.7. The number of thiazole rings is 1. The molecule has 1 amide bonds. The van der Waals surface area contributed by atoms with Gasteiger partial charge in [0.15, 0.2) is 5.13 Å². The van der Waals surface area contributed by atoms with Gasteiger partial charge >= 0.3 is 0 Å². The largest absolute Gasteiger partial charge is 0.345 e. The maximum atomic E-state index is 12.4. The lowest BCUT2D eigenvalue weighted by Gasteiger charge is -2.35. The van der Waals surface area contributed by atoms with Crippen molar-refractivity contribution < 1.29 is 4.79 Å². The number of hydrogen-bond acceptors (Lipinski definition) is 4. The van der Waals surface area contributed by atoms with E-state index >= 15 is 0 Å². The van der Waals surface area contributed by atoms with Crippen LogP contribution in [-0.2, 0) is 4.79 Å². The number of amides is 1. The number of carbonyl (C=O) groups is 1. The lowest BCUT2D eigenvalue weighted by atomic mass is 10.1. The van der Waals surface area contributed by atoms with Crippen LogP contribution in [0, 0.1) is 19.8 Å². The second-order valence-electron chi connectivity index (χ2n) is 5.93. The number of aromatic nitrogens is 1. The van der Waals surface area contributed by atoms with Crippen molar-refractivity contribution in [2.75, 3.05) is 31.1 Å². The fourth-order valence-electron chi connectivity index (χ4n) is 3.14. The Balaban J connectivity index is 1.57. The van der Waals surface area contributed by atoms with Crippen LogP contribution in [0.4, 0.5) is 5.13 Å². The standard InChI is InChI=1S/C15H23N3OS/c1-11-12(2)20-15(16-11)18-9-7-17(8-10-18)14(19)13-5-3-4-6-13/h13H,3-10H2,1-2H3. The average Bonchev–Trinajstić information content (AvgIpc) is 3.09. The smallest absolute Gasteiger partial charge is 0.225 e. The molecule has 0 atom stereocenters. The van der Waals surface area contributed by atoms with Crippen molar-refractivity contribution in [3.05, 3.63) is 10.6 Å². The number of piperazine rings is 1. The number of aryl methyl sites for hydroxylation is 2. The van der Waals surface area contributed by atoms with Gasteiger partial charge < -0.3 is 9.80 Å². The topological polar surface area (TPSA) is 36.4 Å². The van der Waals surface area contributed by atoms with Gasteiger partial charge in [-0.1, -0.05) is 12.8 Å². The van der Waals surface area contributed by atoms with E-state index in [0.29, 0.717) is 11.8 Å². The monoisotopic (exact) mass is 293 g/mol. The fraction of sp³-hybridized carbons (Fsp3) is 0.733. The van der Waals surface area contributed by atoms with Gasteiger partial charge in [0.25, 0.3) is 0 Å². The molecule has 110 valence electrons. The van der Waals surface area contributed by atoms with E-state index < -0.39 is 0 Å². The van der Waals surface area contributed by atoms with Crippen molar-refractivity contribution in [2.24, 2.45) is 5.92 Å². The van der Waals surface area contributed by atoms with Crippen LogP contribution in [0.15, 0.2) is 0 Å². The molecule has 0 N–H and O–H groups in total. The summed E-state index contributed by atoms with van der Waals surface area (Å²) in [5, 5.41) is 1.12. The van der Waals surface area contributed by atoms with Crippen molar-refractivity contribution in [1.82, 2.24) is 9.88 Å². The Morgan fingerprint density at radius 1 is 1.15 bits per heavy atom. The van der Waals surface area contributed by atoms with Gasteiger partial charge in [-0.05, 0) is 26.7 Å². The van der Waals surface area contributed by atoms with Crippen LogP contribution < -0.4 is 4.90 Å². The average molecular weight is 293 g/mol. The fourth-order valence-corrected chi connectivity index (χ4v) is 4.10. The maximum absolute atomic E-state index is 12.4. The van der Waals surface area contributed by atoms with Crippen molar-refractivity contribution in [3.8, 4) is 0 Å². The Morgan fingerprint density at radius 2 is 1.80 bits per heavy atom. The van der Waals surface area contributed by atoms with E-state index in [1.807, 2.05) is 0 Å². The molecular weight excluding hydrogens is 270 g/mol. The van der Waals surface area contributed by atoms with Gasteiger partial charge in [-0.25, -0.2) is 4.98 Å². The number of hydrogen-bond donors (Lipinski definition) is 0. The molecule has 1 aromatic heterocycles. The minimum absolute atomic E-state index is 0.311. The molecule has 1 aromatic rings. The molecule has 2 aliphatic rings. The third kappa shape index (κ3) is 2.68. The summed E-state index contributed by atoms with van der Waals surface area (Å²) in [5.41, 5.74) is 1.13. The summed E-state index contributed by atoms with van der Waals surface area (Å²) in [6.45, 7) is 7.74. The van der Waals surface area contributed by atoms with Crippen molar-refractivity contribution in [2.45, 2.75) is 39.5 Å². The number of rotatable bonds is 2. The highest BCUT2D eigenvalue weighted by molar-refractivity contribution is 7.15. The van der Waals surface area contributed by atoms with Crippen LogP contribution in [0.3, 0.4) is 0 Å². The molecule has 2 heterocycles. The number of nitrogens with zero attached hydrogens (tertiary/aromatic N) is 3. The van der Waals surface area contributed by atoms with Gasteiger partial charge in [-0.15, -0.1) is 11.3 Å². The molecule has 0 aromatic carbocycles. The first-order valence-electron chi connectivity index (χ1n) is 7.63. The molecule has 20 heavy (non-hydrogen) atoms. The molecule has 4 nitrogen and oxygen atoms in total. The first-order chi connectivity index (χ1) is 9.65. The summed E-state index contributed by atoms with van der Waals surface area (Å²) in [7, 11) is 0. The van der Waals surface area contributed by atoms with Crippen LogP contribution in [0.2, 0.25) is 0 Å². The minimum Gasteiger partial charge on any atom is -0.345 e. The second-order valence-corrected chi connectivity index (χ2v) is 7.11. The van der Waals surface area contributed by atoms with Crippen LogP contribution in [-0.4, -0.2) is 42.0 Å². The lowest BCUT2D eigenvalue weighted by Crippen LogP contribution is -2.50. The van der Waals surface area contributed by atoms with E-state index in [-0.39, 0.29) is 0 Å². The van der Waals surface area contributed by atoms with Crippen LogP contribution in [0.25, 0.3) is 0 Å². The highest BCUT2D eigenvalue weighted by atomic mass is 32.1. The summed E-state index contributed by atoms with van der Waals surface area (Å²) in [6, 6.07) is 0. The second kappa shape index (κ2) is 5.72. The maximum Gasteiger partial charge on any atom is 0.225 e. The molecule has 0 unspecified atom stereocenters. The zero-order chi connectivity index (χ0) is 14.1. The molecule has 5 heteroatoms. The first kappa shape index (κ1) is 13.9. The third-order valence-electron chi connectivity index (χ3n) is 4.58. The normalized spacial score (nSPS) is 20.7. The summed E-state index contributed by atoms with van der Waals surface area (Å²) < 4.78 is 0. The molecular formula is C15H23N3OS. The van der Waals surface area contributed by atoms with Crippen molar-refractivity contribution in [1.29, 1.82) is 0 Å².